The Balaban J connectivity index is 1.47. The number of hydrogen-bond donors (Lipinski definition) is 0. The number of carbonyl (C=O) groups excluding carboxylic acids is 2. The van der Waals surface area contributed by atoms with Gasteiger partial charge in [0.1, 0.15) is 0 Å². The number of benzene rings is 1. The SMILES string of the molecule is COC(=O)c1cccc(-n2nnnc2SCC(=O)N(C2CCCCC2)C2CCCCC2)c1. The average Bonchev–Trinajstić information content (AvgIpc) is 3.32. The monoisotopic (exact) mass is 457 g/mol. The first-order valence-electron chi connectivity index (χ1n) is 11.6. The van der Waals surface area contributed by atoms with E-state index in [4.69, 9.17) is 4.74 Å². The fourth-order valence-electron chi connectivity index (χ4n) is 4.94. The second kappa shape index (κ2) is 10.9. The van der Waals surface area contributed by atoms with Crippen LogP contribution in [0.5, 0.6) is 0 Å². The van der Waals surface area contributed by atoms with Crippen LogP contribution in [0.2, 0.25) is 0 Å². The van der Waals surface area contributed by atoms with Crippen LogP contribution < -0.4 is 0 Å². The van der Waals surface area contributed by atoms with Gasteiger partial charge in [-0.05, 0) is 54.3 Å². The molecule has 1 amide bonds. The van der Waals surface area contributed by atoms with Gasteiger partial charge in [0.25, 0.3) is 0 Å². The van der Waals surface area contributed by atoms with Gasteiger partial charge in [0.15, 0.2) is 0 Å². The summed E-state index contributed by atoms with van der Waals surface area (Å²) < 4.78 is 6.37. The standard InChI is InChI=1S/C23H31N5O3S/c1-31-22(30)17-9-8-14-20(15-17)28-23(24-25-26-28)32-16-21(29)27(18-10-4-2-5-11-18)19-12-6-3-7-13-19/h8-9,14-15,18-19H,2-7,10-13,16H2,1H3. The van der Waals surface area contributed by atoms with Crippen LogP contribution >= 0.6 is 11.8 Å². The van der Waals surface area contributed by atoms with E-state index in [-0.39, 0.29) is 5.91 Å². The van der Waals surface area contributed by atoms with E-state index >= 15 is 0 Å². The summed E-state index contributed by atoms with van der Waals surface area (Å²) in [6, 6.07) is 7.69. The highest BCUT2D eigenvalue weighted by molar-refractivity contribution is 7.99. The van der Waals surface area contributed by atoms with Crippen molar-refractivity contribution >= 4 is 23.6 Å². The van der Waals surface area contributed by atoms with E-state index in [1.165, 1.54) is 57.4 Å². The van der Waals surface area contributed by atoms with Gasteiger partial charge in [0.2, 0.25) is 11.1 Å². The highest BCUT2D eigenvalue weighted by Crippen LogP contribution is 2.31. The molecule has 4 rings (SSSR count). The molecule has 2 fully saturated rings. The Morgan fingerprint density at radius 1 is 1.06 bits per heavy atom. The molecule has 32 heavy (non-hydrogen) atoms. The Labute approximate surface area is 193 Å². The Kier molecular flexibility index (Phi) is 7.78. The normalized spacial score (nSPS) is 17.8. The Hall–Kier alpha value is -2.42. The van der Waals surface area contributed by atoms with Crippen molar-refractivity contribution in [1.82, 2.24) is 25.1 Å². The molecule has 2 aromatic rings. The van der Waals surface area contributed by atoms with E-state index in [9.17, 15) is 9.59 Å². The highest BCUT2D eigenvalue weighted by atomic mass is 32.2. The minimum atomic E-state index is -0.417. The summed E-state index contributed by atoms with van der Waals surface area (Å²) in [4.78, 5) is 27.5. The van der Waals surface area contributed by atoms with Gasteiger partial charge in [0, 0.05) is 12.1 Å². The maximum absolute atomic E-state index is 13.4. The lowest BCUT2D eigenvalue weighted by atomic mass is 9.88. The van der Waals surface area contributed by atoms with Gasteiger partial charge in [-0.3, -0.25) is 4.79 Å². The molecule has 0 saturated heterocycles. The number of tetrazole rings is 1. The lowest BCUT2D eigenvalue weighted by Gasteiger charge is -2.41. The summed E-state index contributed by atoms with van der Waals surface area (Å²) in [5.41, 5.74) is 1.08. The Morgan fingerprint density at radius 3 is 2.34 bits per heavy atom. The van der Waals surface area contributed by atoms with Gasteiger partial charge in [-0.1, -0.05) is 56.4 Å². The molecule has 2 saturated carbocycles. The molecular formula is C23H31N5O3S. The third kappa shape index (κ3) is 5.31. The molecule has 0 bridgehead atoms. The molecule has 2 aliphatic rings. The predicted molar refractivity (Wildman–Crippen MR) is 122 cm³/mol. The van der Waals surface area contributed by atoms with E-state index in [2.05, 4.69) is 20.4 Å². The summed E-state index contributed by atoms with van der Waals surface area (Å²) in [5.74, 6) is 0.0796. The predicted octanol–water partition coefficient (Wildman–Crippen LogP) is 4.04. The molecule has 9 heteroatoms. The van der Waals surface area contributed by atoms with Crippen molar-refractivity contribution in [2.75, 3.05) is 12.9 Å². The third-order valence-corrected chi connectivity index (χ3v) is 7.41. The zero-order valence-corrected chi connectivity index (χ0v) is 19.4. The van der Waals surface area contributed by atoms with Crippen molar-refractivity contribution < 1.29 is 14.3 Å². The number of esters is 1. The lowest BCUT2D eigenvalue weighted by Crippen LogP contribution is -2.49. The number of thioether (sulfide) groups is 1. The maximum Gasteiger partial charge on any atom is 0.337 e. The van der Waals surface area contributed by atoms with E-state index in [1.54, 1.807) is 22.9 Å². The van der Waals surface area contributed by atoms with Crippen LogP contribution in [0.3, 0.4) is 0 Å². The minimum Gasteiger partial charge on any atom is -0.465 e. The van der Waals surface area contributed by atoms with E-state index < -0.39 is 5.97 Å². The first-order chi connectivity index (χ1) is 15.7. The van der Waals surface area contributed by atoms with Crippen molar-refractivity contribution in [3.8, 4) is 5.69 Å². The zero-order valence-electron chi connectivity index (χ0n) is 18.6. The molecule has 1 aromatic carbocycles. The molecule has 0 atom stereocenters. The molecule has 8 nitrogen and oxygen atoms in total. The van der Waals surface area contributed by atoms with Crippen LogP contribution in [-0.2, 0) is 9.53 Å². The van der Waals surface area contributed by atoms with Crippen LogP contribution in [0.1, 0.15) is 74.6 Å². The number of nitrogens with zero attached hydrogens (tertiary/aromatic N) is 5. The molecule has 0 N–H and O–H groups in total. The van der Waals surface area contributed by atoms with Crippen molar-refractivity contribution in [1.29, 1.82) is 0 Å². The van der Waals surface area contributed by atoms with Crippen LogP contribution in [0.15, 0.2) is 29.4 Å². The lowest BCUT2D eigenvalue weighted by molar-refractivity contribution is -0.135. The molecule has 2 aliphatic carbocycles. The largest absolute Gasteiger partial charge is 0.465 e. The van der Waals surface area contributed by atoms with Gasteiger partial charge >= 0.3 is 5.97 Å². The number of ether oxygens (including phenoxy) is 1. The molecule has 0 radical (unpaired) electrons. The average molecular weight is 458 g/mol. The summed E-state index contributed by atoms with van der Waals surface area (Å²) in [7, 11) is 1.35. The topological polar surface area (TPSA) is 90.2 Å². The van der Waals surface area contributed by atoms with Gasteiger partial charge in [-0.25, -0.2) is 4.79 Å². The van der Waals surface area contributed by atoms with Gasteiger partial charge < -0.3 is 9.64 Å². The van der Waals surface area contributed by atoms with Crippen molar-refractivity contribution in [3.63, 3.8) is 0 Å². The fourth-order valence-corrected chi connectivity index (χ4v) is 5.70. The summed E-state index contributed by atoms with van der Waals surface area (Å²) in [6.07, 6.45) is 11.9. The number of carbonyl (C=O) groups is 2. The number of hydrogen-bond acceptors (Lipinski definition) is 7. The second-order valence-electron chi connectivity index (χ2n) is 8.59. The van der Waals surface area contributed by atoms with Gasteiger partial charge in [-0.2, -0.15) is 4.68 Å². The smallest absolute Gasteiger partial charge is 0.337 e. The van der Waals surface area contributed by atoms with E-state index in [0.717, 1.165) is 25.7 Å². The number of amides is 1. The van der Waals surface area contributed by atoms with Crippen LogP contribution in [0, 0.1) is 0 Å². The van der Waals surface area contributed by atoms with Crippen LogP contribution in [0.25, 0.3) is 5.69 Å². The van der Waals surface area contributed by atoms with Crippen molar-refractivity contribution in [3.05, 3.63) is 29.8 Å². The zero-order chi connectivity index (χ0) is 22.3. The van der Waals surface area contributed by atoms with Crippen molar-refractivity contribution in [2.24, 2.45) is 0 Å². The molecule has 0 unspecified atom stereocenters. The molecule has 1 aromatic heterocycles. The quantitative estimate of drug-likeness (QED) is 0.458. The summed E-state index contributed by atoms with van der Waals surface area (Å²) >= 11 is 1.35. The van der Waals surface area contributed by atoms with Crippen molar-refractivity contribution in [2.45, 2.75) is 81.4 Å². The number of methoxy groups -OCH3 is 1. The van der Waals surface area contributed by atoms with Gasteiger partial charge in [0.05, 0.1) is 24.1 Å². The molecular weight excluding hydrogens is 426 g/mol. The second-order valence-corrected chi connectivity index (χ2v) is 9.53. The van der Waals surface area contributed by atoms with E-state index in [1.807, 2.05) is 6.07 Å². The minimum absolute atomic E-state index is 0.187. The molecule has 1 heterocycles. The van der Waals surface area contributed by atoms with Gasteiger partial charge in [-0.15, -0.1) is 5.10 Å². The number of rotatable bonds is 7. The fraction of sp³-hybridized carbons (Fsp3) is 0.609. The number of aromatic nitrogens is 4. The summed E-state index contributed by atoms with van der Waals surface area (Å²) in [5, 5.41) is 12.5. The first kappa shape index (κ1) is 22.8. The third-order valence-electron chi connectivity index (χ3n) is 6.50. The molecule has 172 valence electrons. The summed E-state index contributed by atoms with van der Waals surface area (Å²) in [6.45, 7) is 0. The first-order valence-corrected chi connectivity index (χ1v) is 12.6. The highest BCUT2D eigenvalue weighted by Gasteiger charge is 2.32. The Bertz CT molecular complexity index is 904. The van der Waals surface area contributed by atoms with E-state index in [0.29, 0.717) is 34.2 Å². The Morgan fingerprint density at radius 2 is 1.72 bits per heavy atom. The maximum atomic E-state index is 13.4. The van der Waals surface area contributed by atoms with Crippen LogP contribution in [0.4, 0.5) is 0 Å². The van der Waals surface area contributed by atoms with Crippen LogP contribution in [-0.4, -0.2) is 61.9 Å². The molecule has 0 aliphatic heterocycles. The molecule has 0 spiro atoms.